The molecular weight excluding hydrogens is 200 g/mol. The van der Waals surface area contributed by atoms with Crippen LogP contribution in [0, 0.1) is 0 Å². The first-order valence-corrected chi connectivity index (χ1v) is 5.88. The molecule has 4 nitrogen and oxygen atoms in total. The lowest BCUT2D eigenvalue weighted by Gasteiger charge is -2.48. The van der Waals surface area contributed by atoms with Gasteiger partial charge in [-0.25, -0.2) is 4.98 Å². The largest absolute Gasteiger partial charge is 0.384 e. The number of rotatable bonds is 1. The number of hydrogen-bond acceptors (Lipinski definition) is 4. The molecule has 0 amide bonds. The van der Waals surface area contributed by atoms with Crippen molar-refractivity contribution in [2.45, 2.75) is 18.4 Å². The number of aromatic nitrogens is 1. The van der Waals surface area contributed by atoms with Gasteiger partial charge in [0.25, 0.3) is 0 Å². The van der Waals surface area contributed by atoms with Crippen molar-refractivity contribution in [3.63, 3.8) is 0 Å². The Hall–Kier alpha value is -1.29. The predicted molar refractivity (Wildman–Crippen MR) is 65.5 cm³/mol. The summed E-state index contributed by atoms with van der Waals surface area (Å²) < 4.78 is 0. The van der Waals surface area contributed by atoms with Crippen molar-refractivity contribution in [3.8, 4) is 0 Å². The van der Waals surface area contributed by atoms with Crippen LogP contribution in [0.2, 0.25) is 0 Å². The fraction of sp³-hybridized carbons (Fsp3) is 0.583. The van der Waals surface area contributed by atoms with Gasteiger partial charge in [0.1, 0.15) is 11.6 Å². The molecular formula is C12H18N4. The topological polar surface area (TPSA) is 45.4 Å². The molecule has 4 heteroatoms. The first-order chi connectivity index (χ1) is 7.70. The van der Waals surface area contributed by atoms with E-state index in [0.29, 0.717) is 11.4 Å². The van der Waals surface area contributed by atoms with Gasteiger partial charge in [-0.15, -0.1) is 0 Å². The minimum Gasteiger partial charge on any atom is -0.384 e. The Bertz CT molecular complexity index is 406. The van der Waals surface area contributed by atoms with E-state index in [1.165, 1.54) is 19.4 Å². The smallest absolute Gasteiger partial charge is 0.131 e. The highest BCUT2D eigenvalue weighted by atomic mass is 15.3. The normalized spacial score (nSPS) is 29.7. The Morgan fingerprint density at radius 2 is 2.12 bits per heavy atom. The van der Waals surface area contributed by atoms with E-state index in [1.807, 2.05) is 18.2 Å². The molecule has 2 aliphatic rings. The average molecular weight is 218 g/mol. The van der Waals surface area contributed by atoms with Crippen LogP contribution in [0.1, 0.15) is 12.8 Å². The Labute approximate surface area is 96.1 Å². The fourth-order valence-corrected chi connectivity index (χ4v) is 2.83. The number of likely N-dealkylation sites (tertiary alicyclic amines) is 1. The van der Waals surface area contributed by atoms with E-state index >= 15 is 0 Å². The SMILES string of the molecule is CN1CCC12CCN(c1cccc(N)n1)C2. The summed E-state index contributed by atoms with van der Waals surface area (Å²) in [5, 5.41) is 0. The van der Waals surface area contributed by atoms with Crippen molar-refractivity contribution in [2.75, 3.05) is 37.3 Å². The van der Waals surface area contributed by atoms with Gasteiger partial charge in [0.2, 0.25) is 0 Å². The summed E-state index contributed by atoms with van der Waals surface area (Å²) in [6.07, 6.45) is 2.57. The minimum absolute atomic E-state index is 0.423. The molecule has 0 radical (unpaired) electrons. The van der Waals surface area contributed by atoms with E-state index < -0.39 is 0 Å². The van der Waals surface area contributed by atoms with E-state index in [9.17, 15) is 0 Å². The van der Waals surface area contributed by atoms with Crippen molar-refractivity contribution >= 4 is 11.6 Å². The third-order valence-corrected chi connectivity index (χ3v) is 4.13. The van der Waals surface area contributed by atoms with Crippen LogP contribution in [0.3, 0.4) is 0 Å². The third-order valence-electron chi connectivity index (χ3n) is 4.13. The monoisotopic (exact) mass is 218 g/mol. The van der Waals surface area contributed by atoms with E-state index in [4.69, 9.17) is 5.73 Å². The molecule has 1 atom stereocenters. The van der Waals surface area contributed by atoms with Gasteiger partial charge in [0.05, 0.1) is 0 Å². The Kier molecular flexibility index (Phi) is 2.07. The average Bonchev–Trinajstić information content (AvgIpc) is 2.74. The first kappa shape index (κ1) is 9.90. The van der Waals surface area contributed by atoms with Gasteiger partial charge >= 0.3 is 0 Å². The fourth-order valence-electron chi connectivity index (χ4n) is 2.83. The third kappa shape index (κ3) is 1.37. The second kappa shape index (κ2) is 3.35. The lowest BCUT2D eigenvalue weighted by molar-refractivity contribution is 0.0307. The molecule has 3 heterocycles. The van der Waals surface area contributed by atoms with Gasteiger partial charge in [0, 0.05) is 25.2 Å². The number of nitrogen functional groups attached to an aromatic ring is 1. The molecule has 16 heavy (non-hydrogen) atoms. The molecule has 1 spiro atoms. The quantitative estimate of drug-likeness (QED) is 0.762. The van der Waals surface area contributed by atoms with E-state index in [2.05, 4.69) is 21.8 Å². The van der Waals surface area contributed by atoms with Gasteiger partial charge in [-0.2, -0.15) is 0 Å². The van der Waals surface area contributed by atoms with Crippen LogP contribution in [0.5, 0.6) is 0 Å². The number of nitrogens with two attached hydrogens (primary N) is 1. The van der Waals surface area contributed by atoms with Crippen LogP contribution < -0.4 is 10.6 Å². The second-order valence-electron chi connectivity index (χ2n) is 4.99. The molecule has 0 aromatic carbocycles. The zero-order valence-electron chi connectivity index (χ0n) is 9.69. The van der Waals surface area contributed by atoms with Crippen LogP contribution in [-0.4, -0.2) is 42.1 Å². The molecule has 0 saturated carbocycles. The maximum atomic E-state index is 5.72. The molecule has 2 aliphatic heterocycles. The van der Waals surface area contributed by atoms with Crippen molar-refractivity contribution < 1.29 is 0 Å². The summed E-state index contributed by atoms with van der Waals surface area (Å²) in [7, 11) is 2.22. The Morgan fingerprint density at radius 1 is 1.31 bits per heavy atom. The summed E-state index contributed by atoms with van der Waals surface area (Å²) in [6, 6.07) is 5.87. The van der Waals surface area contributed by atoms with Crippen LogP contribution in [0.4, 0.5) is 11.6 Å². The van der Waals surface area contributed by atoms with E-state index in [1.54, 1.807) is 0 Å². The molecule has 0 aliphatic carbocycles. The Balaban J connectivity index is 1.79. The predicted octanol–water partition coefficient (Wildman–Crippen LogP) is 0.948. The molecule has 2 fully saturated rings. The first-order valence-electron chi connectivity index (χ1n) is 5.88. The van der Waals surface area contributed by atoms with Gasteiger partial charge in [-0.1, -0.05) is 6.07 Å². The van der Waals surface area contributed by atoms with Gasteiger partial charge in [-0.3, -0.25) is 4.90 Å². The molecule has 1 aromatic heterocycles. The standard InChI is InChI=1S/C12H18N4/c1-15-7-5-12(15)6-8-16(9-12)11-4-2-3-10(13)14-11/h2-4H,5-9H2,1H3,(H2,13,14). The Morgan fingerprint density at radius 3 is 2.69 bits per heavy atom. The second-order valence-corrected chi connectivity index (χ2v) is 4.99. The van der Waals surface area contributed by atoms with E-state index in [-0.39, 0.29) is 0 Å². The van der Waals surface area contributed by atoms with Gasteiger partial charge < -0.3 is 10.6 Å². The molecule has 2 N–H and O–H groups in total. The number of hydrogen-bond donors (Lipinski definition) is 1. The van der Waals surface area contributed by atoms with Crippen LogP contribution >= 0.6 is 0 Å². The summed E-state index contributed by atoms with van der Waals surface area (Å²) in [4.78, 5) is 9.21. The summed E-state index contributed by atoms with van der Waals surface area (Å²) in [5.41, 5.74) is 6.14. The van der Waals surface area contributed by atoms with E-state index in [0.717, 1.165) is 18.9 Å². The van der Waals surface area contributed by atoms with Crippen molar-refractivity contribution in [1.82, 2.24) is 9.88 Å². The van der Waals surface area contributed by atoms with Crippen LogP contribution in [0.25, 0.3) is 0 Å². The lowest BCUT2D eigenvalue weighted by Crippen LogP contribution is -2.59. The zero-order chi connectivity index (χ0) is 11.2. The number of pyridine rings is 1. The lowest BCUT2D eigenvalue weighted by atomic mass is 9.85. The molecule has 2 saturated heterocycles. The number of nitrogens with zero attached hydrogens (tertiary/aromatic N) is 3. The molecule has 86 valence electrons. The summed E-state index contributed by atoms with van der Waals surface area (Å²) in [6.45, 7) is 3.43. The highest BCUT2D eigenvalue weighted by Gasteiger charge is 2.47. The van der Waals surface area contributed by atoms with Gasteiger partial charge in [0.15, 0.2) is 0 Å². The molecule has 1 unspecified atom stereocenters. The maximum Gasteiger partial charge on any atom is 0.131 e. The highest BCUT2D eigenvalue weighted by Crippen LogP contribution is 2.38. The zero-order valence-corrected chi connectivity index (χ0v) is 9.69. The number of anilines is 2. The molecule has 3 rings (SSSR count). The maximum absolute atomic E-state index is 5.72. The minimum atomic E-state index is 0.423. The van der Waals surface area contributed by atoms with Crippen LogP contribution in [0.15, 0.2) is 18.2 Å². The molecule has 1 aromatic rings. The molecule has 0 bridgehead atoms. The van der Waals surface area contributed by atoms with Crippen LogP contribution in [-0.2, 0) is 0 Å². The van der Waals surface area contributed by atoms with Crippen molar-refractivity contribution in [2.24, 2.45) is 0 Å². The number of likely N-dealkylation sites (N-methyl/N-ethyl adjacent to an activating group) is 1. The van der Waals surface area contributed by atoms with Gasteiger partial charge in [-0.05, 0) is 32.0 Å². The summed E-state index contributed by atoms with van der Waals surface area (Å²) in [5.74, 6) is 1.64. The summed E-state index contributed by atoms with van der Waals surface area (Å²) >= 11 is 0. The van der Waals surface area contributed by atoms with Crippen molar-refractivity contribution in [1.29, 1.82) is 0 Å². The van der Waals surface area contributed by atoms with Crippen molar-refractivity contribution in [3.05, 3.63) is 18.2 Å². The highest BCUT2D eigenvalue weighted by molar-refractivity contribution is 5.46.